The molecule has 0 aromatic heterocycles. The maximum Gasteiger partial charge on any atom is 0.0211 e. The maximum atomic E-state index is 3.58. The zero-order valence-electron chi connectivity index (χ0n) is 12.5. The Bertz CT molecular complexity index is 358. The van der Waals surface area contributed by atoms with Gasteiger partial charge in [0.05, 0.1) is 0 Å². The number of nitrogens with one attached hydrogen (secondary N) is 2. The Labute approximate surface area is 112 Å². The topological polar surface area (TPSA) is 24.1 Å². The van der Waals surface area contributed by atoms with Gasteiger partial charge in [-0.3, -0.25) is 0 Å². The van der Waals surface area contributed by atoms with Crippen molar-refractivity contribution < 1.29 is 0 Å². The summed E-state index contributed by atoms with van der Waals surface area (Å²) in [5.74, 6) is 0.719. The highest BCUT2D eigenvalue weighted by molar-refractivity contribution is 5.32. The van der Waals surface area contributed by atoms with E-state index in [0.717, 1.165) is 25.6 Å². The lowest BCUT2D eigenvalue weighted by molar-refractivity contribution is 0.472. The number of hydrogen-bond acceptors (Lipinski definition) is 2. The molecule has 0 bridgehead atoms. The Morgan fingerprint density at radius 1 is 1.06 bits per heavy atom. The zero-order valence-corrected chi connectivity index (χ0v) is 12.5. The predicted molar refractivity (Wildman–Crippen MR) is 79.9 cm³/mol. The highest BCUT2D eigenvalue weighted by atomic mass is 15.0. The van der Waals surface area contributed by atoms with Crippen molar-refractivity contribution in [2.24, 2.45) is 5.92 Å². The summed E-state index contributed by atoms with van der Waals surface area (Å²) >= 11 is 0. The van der Waals surface area contributed by atoms with Crippen molar-refractivity contribution in [3.63, 3.8) is 0 Å². The molecular weight excluding hydrogens is 220 g/mol. The summed E-state index contributed by atoms with van der Waals surface area (Å²) in [5.41, 5.74) is 4.19. The highest BCUT2D eigenvalue weighted by Crippen LogP contribution is 2.12. The first kappa shape index (κ1) is 15.2. The van der Waals surface area contributed by atoms with Gasteiger partial charge in [-0.2, -0.15) is 0 Å². The molecule has 1 aromatic rings. The molecule has 2 N–H and O–H groups in total. The van der Waals surface area contributed by atoms with E-state index in [9.17, 15) is 0 Å². The second-order valence-corrected chi connectivity index (χ2v) is 5.69. The first-order valence-corrected chi connectivity index (χ1v) is 7.00. The molecule has 102 valence electrons. The molecule has 1 rings (SSSR count). The van der Waals surface area contributed by atoms with Gasteiger partial charge < -0.3 is 10.6 Å². The van der Waals surface area contributed by atoms with E-state index in [0.29, 0.717) is 6.04 Å². The molecule has 0 spiro atoms. The van der Waals surface area contributed by atoms with Crippen molar-refractivity contribution in [3.8, 4) is 0 Å². The largest absolute Gasteiger partial charge is 0.315 e. The summed E-state index contributed by atoms with van der Waals surface area (Å²) < 4.78 is 0. The minimum atomic E-state index is 0.503. The van der Waals surface area contributed by atoms with Crippen molar-refractivity contribution in [2.45, 2.75) is 47.2 Å². The van der Waals surface area contributed by atoms with Crippen LogP contribution < -0.4 is 10.6 Å². The quantitative estimate of drug-likeness (QED) is 0.775. The van der Waals surface area contributed by atoms with E-state index in [1.807, 2.05) is 0 Å². The molecule has 0 saturated heterocycles. The lowest BCUT2D eigenvalue weighted by atomic mass is 10.0. The molecule has 2 nitrogen and oxygen atoms in total. The minimum Gasteiger partial charge on any atom is -0.315 e. The fraction of sp³-hybridized carbons (Fsp3) is 0.625. The molecule has 0 aliphatic carbocycles. The summed E-state index contributed by atoms with van der Waals surface area (Å²) in [6.07, 6.45) is 0. The molecule has 0 amide bonds. The van der Waals surface area contributed by atoms with Crippen molar-refractivity contribution >= 4 is 0 Å². The van der Waals surface area contributed by atoms with Crippen LogP contribution in [0.3, 0.4) is 0 Å². The molecule has 0 radical (unpaired) electrons. The monoisotopic (exact) mass is 248 g/mol. The zero-order chi connectivity index (χ0) is 13.5. The summed E-state index contributed by atoms with van der Waals surface area (Å²) in [5, 5.41) is 7.06. The van der Waals surface area contributed by atoms with E-state index in [1.54, 1.807) is 0 Å². The van der Waals surface area contributed by atoms with E-state index < -0.39 is 0 Å². The third-order valence-corrected chi connectivity index (χ3v) is 3.36. The Hall–Kier alpha value is -0.860. The van der Waals surface area contributed by atoms with Crippen molar-refractivity contribution in [1.29, 1.82) is 0 Å². The smallest absolute Gasteiger partial charge is 0.0211 e. The third kappa shape index (κ3) is 5.19. The molecule has 2 heteroatoms. The minimum absolute atomic E-state index is 0.503. The summed E-state index contributed by atoms with van der Waals surface area (Å²) in [6, 6.07) is 7.03. The Morgan fingerprint density at radius 2 is 1.78 bits per heavy atom. The van der Waals surface area contributed by atoms with E-state index >= 15 is 0 Å². The van der Waals surface area contributed by atoms with Gasteiger partial charge in [-0.25, -0.2) is 0 Å². The summed E-state index contributed by atoms with van der Waals surface area (Å²) in [7, 11) is 0. The average Bonchev–Trinajstić information content (AvgIpc) is 2.30. The SMILES string of the molecule is Cc1cccc(CNC(C)CNCC(C)C)c1C. The van der Waals surface area contributed by atoms with Gasteiger partial charge >= 0.3 is 0 Å². The molecule has 1 unspecified atom stereocenters. The van der Waals surface area contributed by atoms with Gasteiger partial charge in [-0.15, -0.1) is 0 Å². The molecular formula is C16H28N2. The first-order valence-electron chi connectivity index (χ1n) is 7.00. The Kier molecular flexibility index (Phi) is 6.37. The Morgan fingerprint density at radius 3 is 2.44 bits per heavy atom. The van der Waals surface area contributed by atoms with Crippen LogP contribution in [0.15, 0.2) is 18.2 Å². The number of rotatable bonds is 7. The molecule has 1 atom stereocenters. The first-order chi connectivity index (χ1) is 8.50. The van der Waals surface area contributed by atoms with Crippen molar-refractivity contribution in [3.05, 3.63) is 34.9 Å². The van der Waals surface area contributed by atoms with Crippen LogP contribution in [-0.4, -0.2) is 19.1 Å². The molecule has 0 saturated carbocycles. The third-order valence-electron chi connectivity index (χ3n) is 3.36. The number of aryl methyl sites for hydroxylation is 1. The lowest BCUT2D eigenvalue weighted by Crippen LogP contribution is -2.37. The van der Waals surface area contributed by atoms with E-state index in [-0.39, 0.29) is 0 Å². The maximum absolute atomic E-state index is 3.58. The number of hydrogen-bond donors (Lipinski definition) is 2. The lowest BCUT2D eigenvalue weighted by Gasteiger charge is -2.17. The van der Waals surface area contributed by atoms with Crippen molar-refractivity contribution in [2.75, 3.05) is 13.1 Å². The standard InChI is InChI=1S/C16H28N2/c1-12(2)9-17-10-14(4)18-11-16-8-6-7-13(3)15(16)5/h6-8,12,14,17-18H,9-11H2,1-5H3. The van der Waals surface area contributed by atoms with Crippen LogP contribution in [0.5, 0.6) is 0 Å². The highest BCUT2D eigenvalue weighted by Gasteiger charge is 2.04. The molecule has 0 aliphatic heterocycles. The van der Waals surface area contributed by atoms with Gasteiger partial charge in [-0.05, 0) is 49.9 Å². The van der Waals surface area contributed by atoms with Crippen molar-refractivity contribution in [1.82, 2.24) is 10.6 Å². The fourth-order valence-corrected chi connectivity index (χ4v) is 1.95. The van der Waals surface area contributed by atoms with Gasteiger partial charge in [0, 0.05) is 19.1 Å². The van der Waals surface area contributed by atoms with E-state index in [4.69, 9.17) is 0 Å². The van der Waals surface area contributed by atoms with Crippen LogP contribution in [0.25, 0.3) is 0 Å². The second-order valence-electron chi connectivity index (χ2n) is 5.69. The van der Waals surface area contributed by atoms with Crippen LogP contribution in [0.1, 0.15) is 37.5 Å². The normalized spacial score (nSPS) is 13.0. The van der Waals surface area contributed by atoms with Crippen LogP contribution in [-0.2, 0) is 6.54 Å². The Balaban J connectivity index is 2.33. The molecule has 0 fully saturated rings. The predicted octanol–water partition coefficient (Wildman–Crippen LogP) is 3.03. The van der Waals surface area contributed by atoms with Gasteiger partial charge in [0.2, 0.25) is 0 Å². The summed E-state index contributed by atoms with van der Waals surface area (Å²) in [4.78, 5) is 0. The number of benzene rings is 1. The van der Waals surface area contributed by atoms with E-state index in [2.05, 4.69) is 63.5 Å². The molecule has 0 heterocycles. The van der Waals surface area contributed by atoms with Crippen LogP contribution in [0.2, 0.25) is 0 Å². The van der Waals surface area contributed by atoms with Crippen LogP contribution in [0, 0.1) is 19.8 Å². The van der Waals surface area contributed by atoms with Crippen LogP contribution in [0.4, 0.5) is 0 Å². The summed E-state index contributed by atoms with van der Waals surface area (Å²) in [6.45, 7) is 14.2. The molecule has 0 aliphatic rings. The van der Waals surface area contributed by atoms with E-state index in [1.165, 1.54) is 16.7 Å². The average molecular weight is 248 g/mol. The second kappa shape index (κ2) is 7.55. The molecule has 18 heavy (non-hydrogen) atoms. The van der Waals surface area contributed by atoms with Gasteiger partial charge in [0.1, 0.15) is 0 Å². The fourth-order valence-electron chi connectivity index (χ4n) is 1.95. The van der Waals surface area contributed by atoms with Gasteiger partial charge in [-0.1, -0.05) is 32.0 Å². The van der Waals surface area contributed by atoms with Crippen LogP contribution >= 0.6 is 0 Å². The van der Waals surface area contributed by atoms with Gasteiger partial charge in [0.15, 0.2) is 0 Å². The molecule has 1 aromatic carbocycles. The van der Waals surface area contributed by atoms with Gasteiger partial charge in [0.25, 0.3) is 0 Å².